The maximum atomic E-state index is 5.84. The fraction of sp³-hybridized carbons (Fsp3) is 0.226. The van der Waals surface area contributed by atoms with Crippen LogP contribution >= 0.6 is 0 Å². The number of ether oxygens (including phenoxy) is 2. The van der Waals surface area contributed by atoms with Gasteiger partial charge in [-0.2, -0.15) is 0 Å². The summed E-state index contributed by atoms with van der Waals surface area (Å²) < 4.78 is 13.7. The van der Waals surface area contributed by atoms with Gasteiger partial charge in [-0.15, -0.1) is 5.10 Å². The Bertz CT molecular complexity index is 1430. The molecule has 37 heavy (non-hydrogen) atoms. The highest BCUT2D eigenvalue weighted by atomic mass is 16.7. The van der Waals surface area contributed by atoms with Gasteiger partial charge in [0.1, 0.15) is 11.1 Å². The number of nitrogens with one attached hydrogen (secondary N) is 1. The SMILES string of the molecule is COC(CC(c1cccc(C)c1)(C(Nc1ccccc1)c1ccccc1)n1nnc2ccccc21)OC. The molecule has 6 nitrogen and oxygen atoms in total. The standard InChI is InChI=1S/C31H32N4O2/c1-23-13-12-16-25(21-23)31(22-29(36-2)37-3,35-28-20-11-10-19-27(28)33-34-35)30(24-14-6-4-7-15-24)32-26-17-8-5-9-18-26/h4-21,29-30,32H,22H2,1-3H3. The zero-order valence-corrected chi connectivity index (χ0v) is 21.4. The van der Waals surface area contributed by atoms with Gasteiger partial charge in [-0.25, -0.2) is 4.68 Å². The van der Waals surface area contributed by atoms with Crippen molar-refractivity contribution in [2.45, 2.75) is 31.2 Å². The van der Waals surface area contributed by atoms with Crippen molar-refractivity contribution in [1.29, 1.82) is 0 Å². The fourth-order valence-electron chi connectivity index (χ4n) is 5.15. The Balaban J connectivity index is 1.86. The lowest BCUT2D eigenvalue weighted by molar-refractivity contribution is -0.122. The number of anilines is 1. The number of nitrogens with zero attached hydrogens (tertiary/aromatic N) is 3. The Morgan fingerprint density at radius 1 is 0.811 bits per heavy atom. The van der Waals surface area contributed by atoms with Crippen LogP contribution in [0, 0.1) is 6.92 Å². The van der Waals surface area contributed by atoms with Crippen LogP contribution in [0.15, 0.2) is 109 Å². The van der Waals surface area contributed by atoms with E-state index < -0.39 is 11.8 Å². The van der Waals surface area contributed by atoms with E-state index >= 15 is 0 Å². The molecule has 0 bridgehead atoms. The maximum absolute atomic E-state index is 5.84. The van der Waals surface area contributed by atoms with Crippen LogP contribution in [0.4, 0.5) is 5.69 Å². The number of para-hydroxylation sites is 2. The van der Waals surface area contributed by atoms with Crippen LogP contribution in [-0.2, 0) is 15.0 Å². The van der Waals surface area contributed by atoms with E-state index in [1.807, 2.05) is 42.5 Å². The maximum Gasteiger partial charge on any atom is 0.159 e. The minimum Gasteiger partial charge on any atom is -0.375 e. The molecule has 0 amide bonds. The molecule has 0 fully saturated rings. The van der Waals surface area contributed by atoms with Crippen LogP contribution in [0.5, 0.6) is 0 Å². The molecule has 0 saturated carbocycles. The van der Waals surface area contributed by atoms with Crippen molar-refractivity contribution >= 4 is 16.7 Å². The quantitative estimate of drug-likeness (QED) is 0.230. The highest BCUT2D eigenvalue weighted by Gasteiger charge is 2.47. The van der Waals surface area contributed by atoms with E-state index in [0.717, 1.165) is 33.4 Å². The minimum absolute atomic E-state index is 0.254. The molecule has 4 aromatic carbocycles. The van der Waals surface area contributed by atoms with Gasteiger partial charge in [-0.1, -0.05) is 95.7 Å². The number of hydrogen-bond donors (Lipinski definition) is 1. The molecule has 2 unspecified atom stereocenters. The van der Waals surface area contributed by atoms with E-state index in [1.54, 1.807) is 14.2 Å². The summed E-state index contributed by atoms with van der Waals surface area (Å²) in [6.07, 6.45) is -0.0109. The van der Waals surface area contributed by atoms with Crippen molar-refractivity contribution in [2.75, 3.05) is 19.5 Å². The summed E-state index contributed by atoms with van der Waals surface area (Å²) in [6, 6.07) is 37.2. The van der Waals surface area contributed by atoms with Gasteiger partial charge >= 0.3 is 0 Å². The molecule has 1 N–H and O–H groups in total. The molecule has 188 valence electrons. The lowest BCUT2D eigenvalue weighted by atomic mass is 9.75. The smallest absolute Gasteiger partial charge is 0.159 e. The Hall–Kier alpha value is -4.00. The Morgan fingerprint density at radius 2 is 1.49 bits per heavy atom. The first-order valence-electron chi connectivity index (χ1n) is 12.5. The number of aromatic nitrogens is 3. The van der Waals surface area contributed by atoms with Gasteiger partial charge in [0, 0.05) is 26.3 Å². The average molecular weight is 493 g/mol. The van der Waals surface area contributed by atoms with Gasteiger partial charge in [0.15, 0.2) is 6.29 Å². The van der Waals surface area contributed by atoms with Gasteiger partial charge in [0.25, 0.3) is 0 Å². The summed E-state index contributed by atoms with van der Waals surface area (Å²) in [6.45, 7) is 2.11. The van der Waals surface area contributed by atoms with E-state index in [4.69, 9.17) is 14.7 Å². The van der Waals surface area contributed by atoms with Gasteiger partial charge < -0.3 is 14.8 Å². The molecule has 0 spiro atoms. The van der Waals surface area contributed by atoms with Crippen LogP contribution in [0.2, 0.25) is 0 Å². The molecule has 1 aromatic heterocycles. The van der Waals surface area contributed by atoms with E-state index in [-0.39, 0.29) is 6.04 Å². The van der Waals surface area contributed by atoms with Crippen LogP contribution in [-0.4, -0.2) is 35.5 Å². The molecular weight excluding hydrogens is 460 g/mol. The first kappa shape index (κ1) is 24.7. The van der Waals surface area contributed by atoms with E-state index in [0.29, 0.717) is 6.42 Å². The second-order valence-corrected chi connectivity index (χ2v) is 9.24. The number of benzene rings is 4. The molecule has 0 aliphatic heterocycles. The molecule has 0 aliphatic rings. The second-order valence-electron chi connectivity index (χ2n) is 9.24. The minimum atomic E-state index is -0.782. The third kappa shape index (κ3) is 4.86. The topological polar surface area (TPSA) is 61.2 Å². The number of methoxy groups -OCH3 is 2. The molecule has 1 heterocycles. The molecule has 2 atom stereocenters. The highest BCUT2D eigenvalue weighted by Crippen LogP contribution is 2.46. The first-order chi connectivity index (χ1) is 18.2. The largest absolute Gasteiger partial charge is 0.375 e. The molecule has 5 rings (SSSR count). The second kappa shape index (κ2) is 10.9. The first-order valence-corrected chi connectivity index (χ1v) is 12.5. The monoisotopic (exact) mass is 492 g/mol. The molecule has 0 aliphatic carbocycles. The van der Waals surface area contributed by atoms with Gasteiger partial charge in [0.05, 0.1) is 11.6 Å². The van der Waals surface area contributed by atoms with Crippen LogP contribution < -0.4 is 5.32 Å². The fourth-order valence-corrected chi connectivity index (χ4v) is 5.15. The average Bonchev–Trinajstić information content (AvgIpc) is 3.39. The zero-order chi connectivity index (χ0) is 25.7. The number of fused-ring (bicyclic) bond motifs is 1. The summed E-state index contributed by atoms with van der Waals surface area (Å²) in [4.78, 5) is 0. The Labute approximate surface area is 217 Å². The lowest BCUT2D eigenvalue weighted by Crippen LogP contribution is -2.48. The third-order valence-corrected chi connectivity index (χ3v) is 6.95. The molecule has 0 radical (unpaired) electrons. The van der Waals surface area contributed by atoms with Crippen LogP contribution in [0.1, 0.15) is 29.2 Å². The highest BCUT2D eigenvalue weighted by molar-refractivity contribution is 5.74. The number of aryl methyl sites for hydroxylation is 1. The molecule has 6 heteroatoms. The van der Waals surface area contributed by atoms with Crippen molar-refractivity contribution in [2.24, 2.45) is 0 Å². The van der Waals surface area contributed by atoms with Crippen molar-refractivity contribution in [1.82, 2.24) is 15.0 Å². The van der Waals surface area contributed by atoms with Crippen molar-refractivity contribution in [3.05, 3.63) is 126 Å². The predicted octanol–water partition coefficient (Wildman–Crippen LogP) is 6.35. The summed E-state index contributed by atoms with van der Waals surface area (Å²) >= 11 is 0. The summed E-state index contributed by atoms with van der Waals surface area (Å²) in [5, 5.41) is 13.2. The normalized spacial score (nSPS) is 13.9. The number of hydrogen-bond acceptors (Lipinski definition) is 5. The summed E-state index contributed by atoms with van der Waals surface area (Å²) in [7, 11) is 3.35. The zero-order valence-electron chi connectivity index (χ0n) is 21.4. The lowest BCUT2D eigenvalue weighted by Gasteiger charge is -2.44. The van der Waals surface area contributed by atoms with Gasteiger partial charge in [-0.05, 0) is 42.3 Å². The summed E-state index contributed by atoms with van der Waals surface area (Å²) in [5.74, 6) is 0. The predicted molar refractivity (Wildman–Crippen MR) is 147 cm³/mol. The van der Waals surface area contributed by atoms with Gasteiger partial charge in [0.2, 0.25) is 0 Å². The Morgan fingerprint density at radius 3 is 2.19 bits per heavy atom. The molecule has 5 aromatic rings. The van der Waals surface area contributed by atoms with E-state index in [2.05, 4.69) is 88.8 Å². The molecule has 0 saturated heterocycles. The van der Waals surface area contributed by atoms with Gasteiger partial charge in [-0.3, -0.25) is 0 Å². The van der Waals surface area contributed by atoms with Crippen LogP contribution in [0.25, 0.3) is 11.0 Å². The van der Waals surface area contributed by atoms with Crippen molar-refractivity contribution in [3.63, 3.8) is 0 Å². The third-order valence-electron chi connectivity index (χ3n) is 6.95. The summed E-state index contributed by atoms with van der Waals surface area (Å²) in [5.41, 5.74) is 5.34. The molecular formula is C31H32N4O2. The Kier molecular flexibility index (Phi) is 7.30. The van der Waals surface area contributed by atoms with Crippen molar-refractivity contribution < 1.29 is 9.47 Å². The van der Waals surface area contributed by atoms with Crippen molar-refractivity contribution in [3.8, 4) is 0 Å². The van der Waals surface area contributed by atoms with E-state index in [9.17, 15) is 0 Å². The van der Waals surface area contributed by atoms with E-state index in [1.165, 1.54) is 0 Å². The number of rotatable bonds is 10. The van der Waals surface area contributed by atoms with Crippen LogP contribution in [0.3, 0.4) is 0 Å².